The molecular weight excluding hydrogens is 250 g/mol. The second-order valence-corrected chi connectivity index (χ2v) is 4.35. The molecule has 1 atom stereocenters. The molecule has 2 rings (SSSR count). The quantitative estimate of drug-likeness (QED) is 0.891. The van der Waals surface area contributed by atoms with E-state index >= 15 is 0 Å². The third-order valence-electron chi connectivity index (χ3n) is 2.74. The van der Waals surface area contributed by atoms with Crippen molar-refractivity contribution in [3.05, 3.63) is 52.8 Å². The van der Waals surface area contributed by atoms with Crippen molar-refractivity contribution in [1.29, 1.82) is 0 Å². The fourth-order valence-electron chi connectivity index (χ4n) is 1.77. The van der Waals surface area contributed by atoms with Gasteiger partial charge in [0, 0.05) is 0 Å². The van der Waals surface area contributed by atoms with E-state index in [1.807, 2.05) is 37.3 Å². The summed E-state index contributed by atoms with van der Waals surface area (Å²) in [5.41, 5.74) is 1.37. The normalized spacial score (nSPS) is 12.1. The van der Waals surface area contributed by atoms with Gasteiger partial charge in [0.05, 0.1) is 17.3 Å². The van der Waals surface area contributed by atoms with Gasteiger partial charge in [0.25, 0.3) is 5.91 Å². The van der Waals surface area contributed by atoms with E-state index in [0.717, 1.165) is 12.0 Å². The van der Waals surface area contributed by atoms with Crippen LogP contribution in [0.25, 0.3) is 0 Å². The molecule has 1 amide bonds. The smallest absolute Gasteiger partial charge is 0.271 e. The molecular formula is C13H14ClN3O. The summed E-state index contributed by atoms with van der Waals surface area (Å²) in [5.74, 6) is -0.242. The second-order valence-electron chi connectivity index (χ2n) is 3.94. The minimum absolute atomic E-state index is 0.0296. The average molecular weight is 264 g/mol. The first kappa shape index (κ1) is 12.6. The number of benzene rings is 1. The summed E-state index contributed by atoms with van der Waals surface area (Å²) in [4.78, 5) is 12.0. The average Bonchev–Trinajstić information content (AvgIpc) is 2.83. The van der Waals surface area contributed by atoms with Crippen molar-refractivity contribution >= 4 is 17.5 Å². The molecule has 0 radical (unpaired) electrons. The minimum Gasteiger partial charge on any atom is -0.344 e. The number of hydrogen-bond donors (Lipinski definition) is 2. The molecule has 5 heteroatoms. The lowest BCUT2D eigenvalue weighted by Gasteiger charge is -2.16. The van der Waals surface area contributed by atoms with Crippen LogP contribution in [-0.2, 0) is 0 Å². The Bertz CT molecular complexity index is 524. The number of amides is 1. The number of H-pyrrole nitrogens is 1. The SMILES string of the molecule is CCC(NC(=O)c1[nH]ncc1Cl)c1ccccc1. The molecule has 94 valence electrons. The van der Waals surface area contributed by atoms with E-state index in [-0.39, 0.29) is 11.9 Å². The van der Waals surface area contributed by atoms with Gasteiger partial charge >= 0.3 is 0 Å². The van der Waals surface area contributed by atoms with E-state index in [1.54, 1.807) is 0 Å². The third-order valence-corrected chi connectivity index (χ3v) is 3.02. The Balaban J connectivity index is 2.13. The summed E-state index contributed by atoms with van der Waals surface area (Å²) in [6.45, 7) is 2.02. The summed E-state index contributed by atoms with van der Waals surface area (Å²) in [7, 11) is 0. The van der Waals surface area contributed by atoms with Gasteiger partial charge in [-0.05, 0) is 12.0 Å². The fraction of sp³-hybridized carbons (Fsp3) is 0.231. The van der Waals surface area contributed by atoms with Gasteiger partial charge in [0.1, 0.15) is 5.69 Å². The van der Waals surface area contributed by atoms with Gasteiger partial charge in [-0.2, -0.15) is 5.10 Å². The number of carbonyl (C=O) groups excluding carboxylic acids is 1. The molecule has 1 aromatic heterocycles. The molecule has 4 nitrogen and oxygen atoms in total. The first-order valence-electron chi connectivity index (χ1n) is 5.77. The van der Waals surface area contributed by atoms with Crippen molar-refractivity contribution in [3.8, 4) is 0 Å². The van der Waals surface area contributed by atoms with Gasteiger partial charge in [-0.1, -0.05) is 48.9 Å². The maximum absolute atomic E-state index is 12.0. The first-order valence-corrected chi connectivity index (χ1v) is 6.14. The number of nitrogens with zero attached hydrogens (tertiary/aromatic N) is 1. The van der Waals surface area contributed by atoms with Gasteiger partial charge in [0.15, 0.2) is 0 Å². The largest absolute Gasteiger partial charge is 0.344 e. The summed E-state index contributed by atoms with van der Waals surface area (Å²) in [6, 6.07) is 9.80. The Hall–Kier alpha value is -1.81. The van der Waals surface area contributed by atoms with Gasteiger partial charge in [-0.3, -0.25) is 9.89 Å². The molecule has 0 aliphatic rings. The Kier molecular flexibility index (Phi) is 3.99. The van der Waals surface area contributed by atoms with Crippen LogP contribution >= 0.6 is 11.6 Å². The van der Waals surface area contributed by atoms with Crippen LogP contribution in [0.1, 0.15) is 35.4 Å². The summed E-state index contributed by atoms with van der Waals surface area (Å²) >= 11 is 5.85. The number of hydrogen-bond acceptors (Lipinski definition) is 2. The molecule has 0 spiro atoms. The zero-order valence-electron chi connectivity index (χ0n) is 9.98. The zero-order valence-corrected chi connectivity index (χ0v) is 10.7. The Labute approximate surface area is 110 Å². The van der Waals surface area contributed by atoms with Gasteiger partial charge in [0.2, 0.25) is 0 Å². The molecule has 1 aromatic carbocycles. The number of rotatable bonds is 4. The minimum atomic E-state index is -0.242. The van der Waals surface area contributed by atoms with E-state index in [9.17, 15) is 4.79 Å². The summed E-state index contributed by atoms with van der Waals surface area (Å²) < 4.78 is 0. The van der Waals surface area contributed by atoms with Crippen LogP contribution in [0.2, 0.25) is 5.02 Å². The predicted molar refractivity (Wildman–Crippen MR) is 70.5 cm³/mol. The van der Waals surface area contributed by atoms with E-state index < -0.39 is 0 Å². The monoisotopic (exact) mass is 263 g/mol. The third kappa shape index (κ3) is 2.71. The number of aromatic nitrogens is 2. The zero-order chi connectivity index (χ0) is 13.0. The van der Waals surface area contributed by atoms with Crippen molar-refractivity contribution in [1.82, 2.24) is 15.5 Å². The molecule has 2 N–H and O–H groups in total. The molecule has 1 heterocycles. The lowest BCUT2D eigenvalue weighted by atomic mass is 10.0. The van der Waals surface area contributed by atoms with Crippen LogP contribution < -0.4 is 5.32 Å². The van der Waals surface area contributed by atoms with Crippen LogP contribution in [0.15, 0.2) is 36.5 Å². The van der Waals surface area contributed by atoms with Crippen molar-refractivity contribution in [3.63, 3.8) is 0 Å². The number of aromatic amines is 1. The van der Waals surface area contributed by atoms with Gasteiger partial charge in [-0.25, -0.2) is 0 Å². The molecule has 0 saturated heterocycles. The number of carbonyl (C=O) groups is 1. The maximum atomic E-state index is 12.0. The van der Waals surface area contributed by atoms with Crippen molar-refractivity contribution in [2.45, 2.75) is 19.4 Å². The van der Waals surface area contributed by atoms with Crippen molar-refractivity contribution in [2.75, 3.05) is 0 Å². The Morgan fingerprint density at radius 1 is 1.44 bits per heavy atom. The van der Waals surface area contributed by atoms with Crippen molar-refractivity contribution < 1.29 is 4.79 Å². The fourth-order valence-corrected chi connectivity index (χ4v) is 1.94. The van der Waals surface area contributed by atoms with E-state index in [1.165, 1.54) is 6.20 Å². The van der Waals surface area contributed by atoms with E-state index in [4.69, 9.17) is 11.6 Å². The van der Waals surface area contributed by atoms with E-state index in [0.29, 0.717) is 10.7 Å². The molecule has 1 unspecified atom stereocenters. The maximum Gasteiger partial charge on any atom is 0.271 e. The van der Waals surface area contributed by atoms with E-state index in [2.05, 4.69) is 15.5 Å². The van der Waals surface area contributed by atoms with Crippen LogP contribution in [0, 0.1) is 0 Å². The standard InChI is InChI=1S/C13H14ClN3O/c1-2-11(9-6-4-3-5-7-9)16-13(18)12-10(14)8-15-17-12/h3-8,11H,2H2,1H3,(H,15,17)(H,16,18). The van der Waals surface area contributed by atoms with Crippen LogP contribution in [-0.4, -0.2) is 16.1 Å². The number of halogens is 1. The Morgan fingerprint density at radius 3 is 2.72 bits per heavy atom. The molecule has 0 aliphatic heterocycles. The highest BCUT2D eigenvalue weighted by Crippen LogP contribution is 2.18. The van der Waals surface area contributed by atoms with Crippen LogP contribution in [0.3, 0.4) is 0 Å². The summed E-state index contributed by atoms with van der Waals surface area (Å²) in [5, 5.41) is 9.58. The molecule has 18 heavy (non-hydrogen) atoms. The van der Waals surface area contributed by atoms with Crippen LogP contribution in [0.5, 0.6) is 0 Å². The van der Waals surface area contributed by atoms with Gasteiger partial charge in [-0.15, -0.1) is 0 Å². The predicted octanol–water partition coefficient (Wildman–Crippen LogP) is 2.94. The first-order chi connectivity index (χ1) is 8.72. The van der Waals surface area contributed by atoms with Crippen molar-refractivity contribution in [2.24, 2.45) is 0 Å². The van der Waals surface area contributed by atoms with Crippen LogP contribution in [0.4, 0.5) is 0 Å². The molecule has 0 aliphatic carbocycles. The summed E-state index contributed by atoms with van der Waals surface area (Å²) in [6.07, 6.45) is 2.22. The number of nitrogens with one attached hydrogen (secondary N) is 2. The molecule has 2 aromatic rings. The second kappa shape index (κ2) is 5.69. The Morgan fingerprint density at radius 2 is 2.17 bits per heavy atom. The highest BCUT2D eigenvalue weighted by molar-refractivity contribution is 6.33. The highest BCUT2D eigenvalue weighted by atomic mass is 35.5. The highest BCUT2D eigenvalue weighted by Gasteiger charge is 2.17. The molecule has 0 fully saturated rings. The topological polar surface area (TPSA) is 57.8 Å². The lowest BCUT2D eigenvalue weighted by molar-refractivity contribution is 0.0930. The lowest BCUT2D eigenvalue weighted by Crippen LogP contribution is -2.28. The molecule has 0 saturated carbocycles. The van der Waals surface area contributed by atoms with Gasteiger partial charge < -0.3 is 5.32 Å². The molecule has 0 bridgehead atoms.